The van der Waals surface area contributed by atoms with Crippen LogP contribution in [0.3, 0.4) is 0 Å². The van der Waals surface area contributed by atoms with E-state index in [1.807, 2.05) is 6.92 Å². The lowest BCUT2D eigenvalue weighted by Crippen LogP contribution is -2.47. The van der Waals surface area contributed by atoms with Crippen molar-refractivity contribution < 1.29 is 9.90 Å². The van der Waals surface area contributed by atoms with Crippen molar-refractivity contribution in [1.29, 1.82) is 0 Å². The van der Waals surface area contributed by atoms with Crippen LogP contribution in [0.5, 0.6) is 0 Å². The van der Waals surface area contributed by atoms with E-state index in [9.17, 15) is 4.79 Å². The van der Waals surface area contributed by atoms with Crippen LogP contribution in [0, 0.1) is 5.92 Å². The summed E-state index contributed by atoms with van der Waals surface area (Å²) in [6, 6.07) is 0.257. The van der Waals surface area contributed by atoms with Crippen LogP contribution in [-0.2, 0) is 4.79 Å². The minimum Gasteiger partial charge on any atom is -0.395 e. The molecule has 0 aromatic carbocycles. The number of nitrogens with one attached hydrogen (secondary N) is 2. The van der Waals surface area contributed by atoms with Gasteiger partial charge in [-0.1, -0.05) is 0 Å². The molecular weight excluding hydrogens is 168 g/mol. The van der Waals surface area contributed by atoms with Crippen LogP contribution in [0.1, 0.15) is 19.8 Å². The Hall–Kier alpha value is -0.610. The van der Waals surface area contributed by atoms with E-state index in [0.717, 1.165) is 19.4 Å². The Morgan fingerprint density at radius 3 is 3.08 bits per heavy atom. The van der Waals surface area contributed by atoms with Gasteiger partial charge in [0, 0.05) is 12.6 Å². The molecule has 3 N–H and O–H groups in total. The summed E-state index contributed by atoms with van der Waals surface area (Å²) in [4.78, 5) is 11.5. The first-order valence-corrected chi connectivity index (χ1v) is 4.87. The molecule has 76 valence electrons. The van der Waals surface area contributed by atoms with Crippen LogP contribution < -0.4 is 10.6 Å². The highest BCUT2D eigenvalue weighted by Gasteiger charge is 2.26. The first kappa shape index (κ1) is 10.5. The van der Waals surface area contributed by atoms with E-state index in [4.69, 9.17) is 5.11 Å². The second-order valence-corrected chi connectivity index (χ2v) is 3.51. The summed E-state index contributed by atoms with van der Waals surface area (Å²) in [7, 11) is 0. The number of carbonyl (C=O) groups excluding carboxylic acids is 1. The molecule has 1 rings (SSSR count). The monoisotopic (exact) mass is 186 g/mol. The number of hydrogen-bond acceptors (Lipinski definition) is 3. The van der Waals surface area contributed by atoms with Crippen LogP contribution in [0.15, 0.2) is 0 Å². The Labute approximate surface area is 78.7 Å². The topological polar surface area (TPSA) is 61.4 Å². The highest BCUT2D eigenvalue weighted by molar-refractivity contribution is 5.79. The fourth-order valence-electron chi connectivity index (χ4n) is 1.71. The van der Waals surface area contributed by atoms with Crippen molar-refractivity contribution in [3.05, 3.63) is 0 Å². The molecule has 13 heavy (non-hydrogen) atoms. The largest absolute Gasteiger partial charge is 0.395 e. The second-order valence-electron chi connectivity index (χ2n) is 3.51. The number of aliphatic hydroxyl groups excluding tert-OH is 1. The lowest BCUT2D eigenvalue weighted by Gasteiger charge is -2.28. The van der Waals surface area contributed by atoms with Crippen LogP contribution >= 0.6 is 0 Å². The maximum Gasteiger partial charge on any atom is 0.224 e. The number of piperidine rings is 1. The maximum atomic E-state index is 11.5. The summed E-state index contributed by atoms with van der Waals surface area (Å²) in [6.07, 6.45) is 2.01. The predicted molar refractivity (Wildman–Crippen MR) is 50.3 cm³/mol. The molecule has 0 aromatic rings. The lowest BCUT2D eigenvalue weighted by molar-refractivity contribution is -0.126. The summed E-state index contributed by atoms with van der Waals surface area (Å²) >= 11 is 0. The van der Waals surface area contributed by atoms with E-state index >= 15 is 0 Å². The van der Waals surface area contributed by atoms with Gasteiger partial charge in [-0.05, 0) is 26.3 Å². The quantitative estimate of drug-likeness (QED) is 0.556. The molecule has 1 saturated heterocycles. The zero-order chi connectivity index (χ0) is 9.68. The highest BCUT2D eigenvalue weighted by Crippen LogP contribution is 2.15. The van der Waals surface area contributed by atoms with E-state index in [-0.39, 0.29) is 24.5 Å². The molecule has 1 aliphatic rings. The summed E-state index contributed by atoms with van der Waals surface area (Å²) < 4.78 is 0. The van der Waals surface area contributed by atoms with Gasteiger partial charge in [0.1, 0.15) is 0 Å². The Morgan fingerprint density at radius 2 is 2.46 bits per heavy atom. The average Bonchev–Trinajstić information content (AvgIpc) is 2.15. The molecule has 4 heteroatoms. The number of hydrogen-bond donors (Lipinski definition) is 3. The Balaban J connectivity index is 2.35. The van der Waals surface area contributed by atoms with Crippen molar-refractivity contribution in [3.8, 4) is 0 Å². The molecule has 1 fully saturated rings. The van der Waals surface area contributed by atoms with Crippen molar-refractivity contribution in [2.24, 2.45) is 5.92 Å². The van der Waals surface area contributed by atoms with E-state index in [2.05, 4.69) is 10.6 Å². The molecule has 0 spiro atoms. The first-order chi connectivity index (χ1) is 6.25. The molecule has 0 radical (unpaired) electrons. The lowest BCUT2D eigenvalue weighted by atomic mass is 9.91. The van der Waals surface area contributed by atoms with E-state index < -0.39 is 0 Å². The normalized spacial score (nSPS) is 28.5. The zero-order valence-electron chi connectivity index (χ0n) is 8.05. The molecule has 0 bridgehead atoms. The summed E-state index contributed by atoms with van der Waals surface area (Å²) in [5, 5.41) is 14.5. The van der Waals surface area contributed by atoms with Crippen LogP contribution in [0.2, 0.25) is 0 Å². The van der Waals surface area contributed by atoms with Crippen molar-refractivity contribution in [1.82, 2.24) is 10.6 Å². The van der Waals surface area contributed by atoms with Gasteiger partial charge in [-0.15, -0.1) is 0 Å². The number of carbonyl (C=O) groups is 1. The van der Waals surface area contributed by atoms with E-state index in [1.54, 1.807) is 0 Å². The van der Waals surface area contributed by atoms with Gasteiger partial charge in [-0.3, -0.25) is 4.79 Å². The van der Waals surface area contributed by atoms with Gasteiger partial charge >= 0.3 is 0 Å². The van der Waals surface area contributed by atoms with Crippen LogP contribution in [0.4, 0.5) is 0 Å². The SMILES string of the molecule is CC1NCCCC1C(=O)NCCO. The molecule has 2 atom stereocenters. The third-order valence-electron chi connectivity index (χ3n) is 2.51. The molecule has 4 nitrogen and oxygen atoms in total. The second kappa shape index (κ2) is 5.19. The van der Waals surface area contributed by atoms with Gasteiger partial charge in [0.15, 0.2) is 0 Å². The summed E-state index contributed by atoms with van der Waals surface area (Å²) in [6.45, 7) is 3.41. The van der Waals surface area contributed by atoms with E-state index in [1.165, 1.54) is 0 Å². The number of rotatable bonds is 3. The minimum absolute atomic E-state index is 0.0142. The summed E-state index contributed by atoms with van der Waals surface area (Å²) in [5.41, 5.74) is 0. The van der Waals surface area contributed by atoms with Crippen molar-refractivity contribution in [3.63, 3.8) is 0 Å². The summed E-state index contributed by atoms with van der Waals surface area (Å²) in [5.74, 6) is 0.133. The third kappa shape index (κ3) is 2.97. The molecule has 0 aliphatic carbocycles. The van der Waals surface area contributed by atoms with Crippen molar-refractivity contribution in [2.45, 2.75) is 25.8 Å². The van der Waals surface area contributed by atoms with Gasteiger partial charge in [-0.2, -0.15) is 0 Å². The molecule has 1 heterocycles. The molecule has 1 amide bonds. The van der Waals surface area contributed by atoms with Crippen LogP contribution in [0.25, 0.3) is 0 Å². The van der Waals surface area contributed by atoms with Gasteiger partial charge in [0.05, 0.1) is 12.5 Å². The number of amides is 1. The predicted octanol–water partition coefficient (Wildman–Crippen LogP) is -0.517. The Morgan fingerprint density at radius 1 is 1.69 bits per heavy atom. The molecule has 1 aliphatic heterocycles. The van der Waals surface area contributed by atoms with Crippen LogP contribution in [-0.4, -0.2) is 36.8 Å². The zero-order valence-corrected chi connectivity index (χ0v) is 8.05. The Bertz CT molecular complexity index is 173. The molecule has 0 aromatic heterocycles. The molecule has 0 saturated carbocycles. The van der Waals surface area contributed by atoms with Gasteiger partial charge in [0.2, 0.25) is 5.91 Å². The smallest absolute Gasteiger partial charge is 0.224 e. The third-order valence-corrected chi connectivity index (χ3v) is 2.51. The fraction of sp³-hybridized carbons (Fsp3) is 0.889. The maximum absolute atomic E-state index is 11.5. The van der Waals surface area contributed by atoms with Crippen molar-refractivity contribution in [2.75, 3.05) is 19.7 Å². The molecule has 2 unspecified atom stereocenters. The Kier molecular flexibility index (Phi) is 4.18. The van der Waals surface area contributed by atoms with Crippen molar-refractivity contribution >= 4 is 5.91 Å². The number of aliphatic hydroxyl groups is 1. The molecular formula is C9H18N2O2. The van der Waals surface area contributed by atoms with E-state index in [0.29, 0.717) is 6.54 Å². The van der Waals surface area contributed by atoms with Gasteiger partial charge < -0.3 is 15.7 Å². The first-order valence-electron chi connectivity index (χ1n) is 4.87. The van der Waals surface area contributed by atoms with Gasteiger partial charge in [-0.25, -0.2) is 0 Å². The average molecular weight is 186 g/mol. The standard InChI is InChI=1S/C9H18N2O2/c1-7-8(3-2-4-10-7)9(13)11-5-6-12/h7-8,10,12H,2-6H2,1H3,(H,11,13). The minimum atomic E-state index is 0.0142. The van der Waals surface area contributed by atoms with Gasteiger partial charge in [0.25, 0.3) is 0 Å². The highest BCUT2D eigenvalue weighted by atomic mass is 16.3. The fourth-order valence-corrected chi connectivity index (χ4v) is 1.71.